The second kappa shape index (κ2) is 7.04. The minimum Gasteiger partial charge on any atom is -0.377 e. The van der Waals surface area contributed by atoms with Crippen molar-refractivity contribution >= 4 is 52.3 Å². The first kappa shape index (κ1) is 17.3. The summed E-state index contributed by atoms with van der Waals surface area (Å²) in [5.41, 5.74) is 0.548. The van der Waals surface area contributed by atoms with Gasteiger partial charge in [0.05, 0.1) is 15.5 Å². The largest absolute Gasteiger partial charge is 0.377 e. The number of rotatable bonds is 4. The number of aryl methyl sites for hydroxylation is 1. The van der Waals surface area contributed by atoms with Crippen molar-refractivity contribution in [1.29, 1.82) is 0 Å². The number of carbonyl (C=O) groups is 1. The standard InChI is InChI=1S/C14H9Cl3N2O4/c1-7-3-2-4-8(5-7)18-14(20)9-6-10(15)11(16)12(19(21)22)13(9)23-17/h2-6H,1H3,(H,18,20). The van der Waals surface area contributed by atoms with Gasteiger partial charge in [0.1, 0.15) is 16.9 Å². The van der Waals surface area contributed by atoms with Crippen molar-refractivity contribution in [1.82, 2.24) is 0 Å². The maximum absolute atomic E-state index is 12.4. The zero-order valence-corrected chi connectivity index (χ0v) is 13.9. The summed E-state index contributed by atoms with van der Waals surface area (Å²) in [6.07, 6.45) is 0. The Balaban J connectivity index is 2.50. The summed E-state index contributed by atoms with van der Waals surface area (Å²) >= 11 is 16.9. The van der Waals surface area contributed by atoms with E-state index in [1.807, 2.05) is 13.0 Å². The van der Waals surface area contributed by atoms with E-state index in [1.165, 1.54) is 0 Å². The number of nitrogens with zero attached hydrogens (tertiary/aromatic N) is 1. The highest BCUT2D eigenvalue weighted by Gasteiger charge is 2.30. The van der Waals surface area contributed by atoms with Crippen LogP contribution in [0.15, 0.2) is 30.3 Å². The van der Waals surface area contributed by atoms with Gasteiger partial charge in [0, 0.05) is 5.69 Å². The monoisotopic (exact) mass is 374 g/mol. The molecule has 0 saturated heterocycles. The molecule has 0 radical (unpaired) electrons. The van der Waals surface area contributed by atoms with Gasteiger partial charge in [-0.3, -0.25) is 14.9 Å². The van der Waals surface area contributed by atoms with E-state index in [0.717, 1.165) is 11.6 Å². The van der Waals surface area contributed by atoms with Gasteiger partial charge < -0.3 is 9.61 Å². The number of nitro benzene ring substituents is 1. The number of benzene rings is 2. The second-order valence-electron chi connectivity index (χ2n) is 4.56. The molecule has 1 amide bonds. The molecule has 2 aromatic rings. The van der Waals surface area contributed by atoms with E-state index < -0.39 is 22.3 Å². The van der Waals surface area contributed by atoms with Crippen LogP contribution in [0.1, 0.15) is 15.9 Å². The highest BCUT2D eigenvalue weighted by Crippen LogP contribution is 2.43. The summed E-state index contributed by atoms with van der Waals surface area (Å²) in [6.45, 7) is 1.85. The van der Waals surface area contributed by atoms with E-state index in [-0.39, 0.29) is 15.6 Å². The minimum absolute atomic E-state index is 0.162. The van der Waals surface area contributed by atoms with Crippen LogP contribution in [0.4, 0.5) is 11.4 Å². The first-order chi connectivity index (χ1) is 10.8. The summed E-state index contributed by atoms with van der Waals surface area (Å²) in [5, 5.41) is 13.2. The Labute approximate surface area is 146 Å². The van der Waals surface area contributed by atoms with Crippen LogP contribution in [0.25, 0.3) is 0 Å². The lowest BCUT2D eigenvalue weighted by atomic mass is 10.1. The SMILES string of the molecule is Cc1cccc(NC(=O)c2cc(Cl)c(Cl)c([N+](=O)[O-])c2OCl)c1. The maximum Gasteiger partial charge on any atom is 0.334 e. The van der Waals surface area contributed by atoms with E-state index in [0.29, 0.717) is 5.69 Å². The molecule has 0 fully saturated rings. The zero-order chi connectivity index (χ0) is 17.1. The van der Waals surface area contributed by atoms with Crippen molar-refractivity contribution in [2.24, 2.45) is 0 Å². The molecule has 0 aromatic heterocycles. The summed E-state index contributed by atoms with van der Waals surface area (Å²) < 4.78 is 4.48. The average molecular weight is 376 g/mol. The molecule has 6 nitrogen and oxygen atoms in total. The lowest BCUT2D eigenvalue weighted by Gasteiger charge is -2.10. The summed E-state index contributed by atoms with van der Waals surface area (Å²) in [6, 6.07) is 8.15. The quantitative estimate of drug-likeness (QED) is 0.602. The average Bonchev–Trinajstić information content (AvgIpc) is 2.48. The Kier molecular flexibility index (Phi) is 5.30. The van der Waals surface area contributed by atoms with Crippen LogP contribution in [-0.4, -0.2) is 10.8 Å². The number of anilines is 1. The molecule has 9 heteroatoms. The molecule has 0 aliphatic rings. The van der Waals surface area contributed by atoms with E-state index in [4.69, 9.17) is 35.1 Å². The lowest BCUT2D eigenvalue weighted by molar-refractivity contribution is -0.385. The molecular formula is C14H9Cl3N2O4. The fraction of sp³-hybridized carbons (Fsp3) is 0.0714. The summed E-state index contributed by atoms with van der Waals surface area (Å²) in [7, 11) is 0. The minimum atomic E-state index is -0.824. The van der Waals surface area contributed by atoms with E-state index >= 15 is 0 Å². The van der Waals surface area contributed by atoms with E-state index in [2.05, 4.69) is 9.61 Å². The van der Waals surface area contributed by atoms with Crippen molar-refractivity contribution in [2.45, 2.75) is 6.92 Å². The van der Waals surface area contributed by atoms with Gasteiger partial charge in [-0.15, -0.1) is 0 Å². The number of carbonyl (C=O) groups excluding carboxylic acids is 1. The van der Waals surface area contributed by atoms with Gasteiger partial charge >= 0.3 is 5.69 Å². The van der Waals surface area contributed by atoms with Gasteiger partial charge in [-0.05, 0) is 30.7 Å². The van der Waals surface area contributed by atoms with Gasteiger partial charge in [-0.1, -0.05) is 35.3 Å². The van der Waals surface area contributed by atoms with Crippen molar-refractivity contribution in [2.75, 3.05) is 5.32 Å². The number of nitro groups is 1. The van der Waals surface area contributed by atoms with E-state index in [1.54, 1.807) is 18.2 Å². The van der Waals surface area contributed by atoms with E-state index in [9.17, 15) is 14.9 Å². The van der Waals surface area contributed by atoms with Crippen LogP contribution in [0.3, 0.4) is 0 Å². The predicted octanol–water partition coefficient (Wildman–Crippen LogP) is 4.99. The third-order valence-electron chi connectivity index (χ3n) is 2.93. The first-order valence-electron chi connectivity index (χ1n) is 6.18. The van der Waals surface area contributed by atoms with Gasteiger partial charge in [0.2, 0.25) is 5.75 Å². The first-order valence-corrected chi connectivity index (χ1v) is 7.24. The molecule has 2 aromatic carbocycles. The molecule has 0 saturated carbocycles. The van der Waals surface area contributed by atoms with Crippen LogP contribution < -0.4 is 9.61 Å². The second-order valence-corrected chi connectivity index (χ2v) is 5.49. The number of hydrogen-bond acceptors (Lipinski definition) is 4. The molecular weight excluding hydrogens is 367 g/mol. The van der Waals surface area contributed by atoms with Gasteiger partial charge in [0.15, 0.2) is 0 Å². The van der Waals surface area contributed by atoms with Gasteiger partial charge in [-0.25, -0.2) is 0 Å². The fourth-order valence-electron chi connectivity index (χ4n) is 1.93. The molecule has 2 rings (SSSR count). The number of halogens is 3. The lowest BCUT2D eigenvalue weighted by Crippen LogP contribution is -2.14. The molecule has 0 atom stereocenters. The Morgan fingerprint density at radius 2 is 2.00 bits per heavy atom. The topological polar surface area (TPSA) is 81.5 Å². The van der Waals surface area contributed by atoms with Crippen molar-refractivity contribution in [3.05, 3.63) is 61.6 Å². The zero-order valence-electron chi connectivity index (χ0n) is 11.6. The fourth-order valence-corrected chi connectivity index (χ4v) is 2.49. The Morgan fingerprint density at radius 1 is 1.30 bits per heavy atom. The van der Waals surface area contributed by atoms with Crippen molar-refractivity contribution < 1.29 is 14.0 Å². The maximum atomic E-state index is 12.4. The normalized spacial score (nSPS) is 10.3. The molecule has 23 heavy (non-hydrogen) atoms. The molecule has 0 spiro atoms. The summed E-state index contributed by atoms with van der Waals surface area (Å²) in [4.78, 5) is 22.7. The van der Waals surface area contributed by atoms with Gasteiger partial charge in [-0.2, -0.15) is 0 Å². The third-order valence-corrected chi connectivity index (χ3v) is 3.86. The molecule has 120 valence electrons. The number of nitrogens with one attached hydrogen (secondary N) is 1. The van der Waals surface area contributed by atoms with Crippen LogP contribution >= 0.6 is 35.1 Å². The predicted molar refractivity (Wildman–Crippen MR) is 88.7 cm³/mol. The smallest absolute Gasteiger partial charge is 0.334 e. The van der Waals surface area contributed by atoms with Crippen molar-refractivity contribution in [3.63, 3.8) is 0 Å². The van der Waals surface area contributed by atoms with Crippen LogP contribution in [0.2, 0.25) is 10.0 Å². The van der Waals surface area contributed by atoms with Crippen LogP contribution in [0, 0.1) is 17.0 Å². The van der Waals surface area contributed by atoms with Crippen LogP contribution in [0.5, 0.6) is 5.75 Å². The van der Waals surface area contributed by atoms with Crippen LogP contribution in [-0.2, 0) is 0 Å². The highest BCUT2D eigenvalue weighted by atomic mass is 35.5. The molecule has 0 bridgehead atoms. The molecule has 0 heterocycles. The number of amides is 1. The highest BCUT2D eigenvalue weighted by molar-refractivity contribution is 6.44. The third kappa shape index (κ3) is 3.67. The Bertz CT molecular complexity index is 796. The molecule has 0 aliphatic heterocycles. The number of hydrogen-bond donors (Lipinski definition) is 1. The summed E-state index contributed by atoms with van der Waals surface area (Å²) in [5.74, 6) is -1.15. The Hall–Kier alpha value is -2.02. The van der Waals surface area contributed by atoms with Crippen molar-refractivity contribution in [3.8, 4) is 5.75 Å². The van der Waals surface area contributed by atoms with Gasteiger partial charge in [0.25, 0.3) is 5.91 Å². The Morgan fingerprint density at radius 3 is 2.57 bits per heavy atom. The molecule has 0 aliphatic carbocycles. The molecule has 0 unspecified atom stereocenters. The molecule has 1 N–H and O–H groups in total.